The summed E-state index contributed by atoms with van der Waals surface area (Å²) in [5.41, 5.74) is 4.60. The van der Waals surface area contributed by atoms with Gasteiger partial charge in [0.25, 0.3) is 10.0 Å². The van der Waals surface area contributed by atoms with E-state index in [1.165, 1.54) is 0 Å². The number of aryl methyl sites for hydroxylation is 1. The molecule has 0 aromatic heterocycles. The maximum Gasteiger partial charge on any atom is 0.282 e. The molecule has 5 aromatic rings. The van der Waals surface area contributed by atoms with Gasteiger partial charge in [0.2, 0.25) is 0 Å². The predicted molar refractivity (Wildman–Crippen MR) is 226 cm³/mol. The molecule has 2 aliphatic rings. The van der Waals surface area contributed by atoms with Crippen LogP contribution in [0, 0.1) is 6.92 Å². The second-order valence-corrected chi connectivity index (χ2v) is 22.6. The Morgan fingerprint density at radius 2 is 1.36 bits per heavy atom. The van der Waals surface area contributed by atoms with E-state index in [4.69, 9.17) is 9.16 Å². The molecular formula is C47H52N2O4SSi. The molecule has 0 saturated carbocycles. The van der Waals surface area contributed by atoms with Crippen LogP contribution in [0.25, 0.3) is 0 Å². The summed E-state index contributed by atoms with van der Waals surface area (Å²) < 4.78 is 46.9. The van der Waals surface area contributed by atoms with Gasteiger partial charge < -0.3 is 14.1 Å². The molecule has 0 aliphatic carbocycles. The van der Waals surface area contributed by atoms with Crippen molar-refractivity contribution in [3.8, 4) is 5.75 Å². The molecule has 0 spiro atoms. The van der Waals surface area contributed by atoms with Crippen LogP contribution in [0.4, 0.5) is 0 Å². The number of hydrogen-bond acceptors (Lipinski definition) is 5. The van der Waals surface area contributed by atoms with Crippen LogP contribution in [-0.4, -0.2) is 46.0 Å². The third kappa shape index (κ3) is 7.73. The van der Waals surface area contributed by atoms with Gasteiger partial charge in [-0.25, -0.2) is 0 Å². The molecule has 0 N–H and O–H groups in total. The minimum atomic E-state index is -4.04. The fourth-order valence-corrected chi connectivity index (χ4v) is 10.2. The molecule has 55 heavy (non-hydrogen) atoms. The first kappa shape index (κ1) is 38.5. The van der Waals surface area contributed by atoms with Crippen LogP contribution in [-0.2, 0) is 20.1 Å². The maximum atomic E-state index is 13.9. The van der Waals surface area contributed by atoms with Gasteiger partial charge in [-0.15, -0.1) is 0 Å². The van der Waals surface area contributed by atoms with Crippen LogP contribution in [0.2, 0.25) is 18.1 Å². The fraction of sp³-hybridized carbons (Fsp3) is 0.298. The van der Waals surface area contributed by atoms with E-state index in [0.717, 1.165) is 41.6 Å². The Morgan fingerprint density at radius 3 is 1.96 bits per heavy atom. The van der Waals surface area contributed by atoms with Gasteiger partial charge in [-0.05, 0) is 85.1 Å². The van der Waals surface area contributed by atoms with Gasteiger partial charge in [0.05, 0.1) is 10.9 Å². The normalized spacial score (nSPS) is 19.1. The van der Waals surface area contributed by atoms with E-state index in [1.807, 2.05) is 49.4 Å². The zero-order valence-electron chi connectivity index (χ0n) is 32.7. The topological polar surface area (TPSA) is 68.2 Å². The predicted octanol–water partition coefficient (Wildman–Crippen LogP) is 10.7. The second-order valence-electron chi connectivity index (χ2n) is 16.3. The van der Waals surface area contributed by atoms with Gasteiger partial charge in [-0.1, -0.05) is 148 Å². The van der Waals surface area contributed by atoms with Crippen LogP contribution < -0.4 is 4.74 Å². The van der Waals surface area contributed by atoms with Gasteiger partial charge in [-0.3, -0.25) is 0 Å². The monoisotopic (exact) mass is 768 g/mol. The minimum absolute atomic E-state index is 0.0177. The molecule has 2 aliphatic heterocycles. The Balaban J connectivity index is 1.35. The van der Waals surface area contributed by atoms with E-state index < -0.39 is 30.0 Å². The number of benzene rings is 5. The fourth-order valence-electron chi connectivity index (χ4n) is 7.70. The van der Waals surface area contributed by atoms with Crippen molar-refractivity contribution in [3.63, 3.8) is 0 Å². The van der Waals surface area contributed by atoms with Gasteiger partial charge in [0.15, 0.2) is 14.4 Å². The van der Waals surface area contributed by atoms with Gasteiger partial charge in [-0.2, -0.15) is 12.8 Å². The van der Waals surface area contributed by atoms with E-state index in [2.05, 4.69) is 128 Å². The first-order valence-electron chi connectivity index (χ1n) is 19.3. The molecule has 8 heteroatoms. The SMILES string of the molecule is Cc1ccc(S(=O)(=O)/N=C2\c3ccccc3OC2[C@@H](/C=C/N2CCC[C@H]2C(O[Si](C)(C)C(C)(C)C)(c2ccccc2)c2ccccc2)c2ccccc2)cc1. The lowest BCUT2D eigenvalue weighted by atomic mass is 9.79. The van der Waals surface area contributed by atoms with Crippen molar-refractivity contribution in [1.82, 2.24) is 4.90 Å². The average molecular weight is 769 g/mol. The van der Waals surface area contributed by atoms with Crippen molar-refractivity contribution in [2.45, 2.75) is 87.2 Å². The van der Waals surface area contributed by atoms with Crippen LogP contribution in [0.5, 0.6) is 5.75 Å². The number of rotatable bonds is 11. The Bertz CT molecular complexity index is 2210. The lowest BCUT2D eigenvalue weighted by Crippen LogP contribution is -2.56. The largest absolute Gasteiger partial charge is 0.482 e. The lowest BCUT2D eigenvalue weighted by Gasteiger charge is -2.51. The summed E-state index contributed by atoms with van der Waals surface area (Å²) in [6, 6.07) is 46.0. The number of likely N-dealkylation sites (tertiary alicyclic amines) is 1. The third-order valence-electron chi connectivity index (χ3n) is 11.6. The molecule has 7 rings (SSSR count). The van der Waals surface area contributed by atoms with Crippen LogP contribution in [0.1, 0.15) is 67.3 Å². The molecular weight excluding hydrogens is 717 g/mol. The molecule has 5 aromatic carbocycles. The molecule has 0 amide bonds. The highest BCUT2D eigenvalue weighted by atomic mass is 32.2. The Morgan fingerprint density at radius 1 is 0.800 bits per heavy atom. The number of fused-ring (bicyclic) bond motifs is 1. The number of para-hydroxylation sites is 1. The second kappa shape index (κ2) is 15.4. The van der Waals surface area contributed by atoms with Crippen molar-refractivity contribution >= 4 is 24.1 Å². The average Bonchev–Trinajstić information content (AvgIpc) is 3.80. The van der Waals surface area contributed by atoms with E-state index in [0.29, 0.717) is 17.0 Å². The Hall–Kier alpha value is -4.76. The third-order valence-corrected chi connectivity index (χ3v) is 17.4. The smallest absolute Gasteiger partial charge is 0.282 e. The Labute approximate surface area is 328 Å². The Kier molecular flexibility index (Phi) is 10.8. The molecule has 2 heterocycles. The number of nitrogens with zero attached hydrogens (tertiary/aromatic N) is 2. The maximum absolute atomic E-state index is 13.9. The van der Waals surface area contributed by atoms with Crippen molar-refractivity contribution < 1.29 is 17.6 Å². The summed E-state index contributed by atoms with van der Waals surface area (Å²) in [6.45, 7) is 14.4. The molecule has 284 valence electrons. The highest BCUT2D eigenvalue weighted by molar-refractivity contribution is 7.90. The number of sulfonamides is 1. The molecule has 6 nitrogen and oxygen atoms in total. The molecule has 0 bridgehead atoms. The summed E-state index contributed by atoms with van der Waals surface area (Å²) in [7, 11) is -6.41. The zero-order chi connectivity index (χ0) is 38.8. The number of ether oxygens (including phenoxy) is 1. The van der Waals surface area contributed by atoms with Gasteiger partial charge in [0.1, 0.15) is 17.1 Å². The first-order valence-corrected chi connectivity index (χ1v) is 23.6. The van der Waals surface area contributed by atoms with Crippen molar-refractivity contribution in [3.05, 3.63) is 180 Å². The first-order chi connectivity index (χ1) is 26.3. The van der Waals surface area contributed by atoms with Gasteiger partial charge in [0, 0.05) is 18.0 Å². The van der Waals surface area contributed by atoms with E-state index in [-0.39, 0.29) is 21.9 Å². The van der Waals surface area contributed by atoms with Crippen LogP contribution in [0.15, 0.2) is 161 Å². The van der Waals surface area contributed by atoms with Crippen molar-refractivity contribution in [2.75, 3.05) is 6.54 Å². The van der Waals surface area contributed by atoms with Crippen molar-refractivity contribution in [1.29, 1.82) is 0 Å². The summed E-state index contributed by atoms with van der Waals surface area (Å²) in [5.74, 6) is 0.264. The lowest BCUT2D eigenvalue weighted by molar-refractivity contribution is 0.0224. The summed E-state index contributed by atoms with van der Waals surface area (Å²) in [4.78, 5) is 2.60. The summed E-state index contributed by atoms with van der Waals surface area (Å²) >= 11 is 0. The van der Waals surface area contributed by atoms with E-state index >= 15 is 0 Å². The molecule has 0 radical (unpaired) electrons. The highest BCUT2D eigenvalue weighted by Gasteiger charge is 2.53. The molecule has 3 atom stereocenters. The van der Waals surface area contributed by atoms with Crippen molar-refractivity contribution in [2.24, 2.45) is 4.40 Å². The summed E-state index contributed by atoms with van der Waals surface area (Å²) in [6.07, 6.45) is 5.65. The standard InChI is InChI=1S/C47H52N2O4SSi/c1-35-28-30-39(31-29-35)54(50,51)48-44-41-25-16-17-26-42(41)52-45(44)40(36-19-10-7-11-20-36)32-34-49-33-18-27-43(49)47(37-21-12-8-13-22-37,38-23-14-9-15-24-38)53-55(5,6)46(2,3)4/h7-17,19-26,28-32,34,40,43,45H,18,27,33H2,1-6H3/b34-32+,48-44+/t40-,43-,45?/m0/s1. The summed E-state index contributed by atoms with van der Waals surface area (Å²) in [5, 5.41) is -0.0248. The molecule has 1 unspecified atom stereocenters. The van der Waals surface area contributed by atoms with Crippen LogP contribution >= 0.6 is 0 Å². The quantitative estimate of drug-likeness (QED) is 0.125. The minimum Gasteiger partial charge on any atom is -0.482 e. The van der Waals surface area contributed by atoms with E-state index in [1.54, 1.807) is 24.3 Å². The van der Waals surface area contributed by atoms with E-state index in [9.17, 15) is 8.42 Å². The molecule has 1 saturated heterocycles. The van der Waals surface area contributed by atoms with Gasteiger partial charge >= 0.3 is 0 Å². The zero-order valence-corrected chi connectivity index (χ0v) is 34.5. The highest BCUT2D eigenvalue weighted by Crippen LogP contribution is 2.50. The van der Waals surface area contributed by atoms with Crippen LogP contribution in [0.3, 0.4) is 0 Å². The molecule has 1 fully saturated rings. The number of hydrogen-bond donors (Lipinski definition) is 0.